The largest absolute Gasteiger partial charge is 0.303 e. The molecule has 17 heavy (non-hydrogen) atoms. The summed E-state index contributed by atoms with van der Waals surface area (Å²) < 4.78 is 48.3. The molecule has 0 aromatic heterocycles. The van der Waals surface area contributed by atoms with Crippen LogP contribution in [0.25, 0.3) is 0 Å². The van der Waals surface area contributed by atoms with Gasteiger partial charge in [0.25, 0.3) is 0 Å². The second kappa shape index (κ2) is 3.63. The van der Waals surface area contributed by atoms with E-state index in [0.717, 1.165) is 12.1 Å². The molecule has 1 aromatic carbocycles. The van der Waals surface area contributed by atoms with Crippen molar-refractivity contribution in [3.8, 4) is 0 Å². The van der Waals surface area contributed by atoms with Crippen LogP contribution < -0.4 is 10.6 Å². The van der Waals surface area contributed by atoms with E-state index in [1.54, 1.807) is 0 Å². The summed E-state index contributed by atoms with van der Waals surface area (Å²) in [6, 6.07) is 1.94. The minimum atomic E-state index is -4.11. The van der Waals surface area contributed by atoms with Gasteiger partial charge in [0.1, 0.15) is 9.79 Å². The van der Waals surface area contributed by atoms with E-state index in [0.29, 0.717) is 0 Å². The highest BCUT2D eigenvalue weighted by Gasteiger charge is 2.26. The molecule has 0 bridgehead atoms. The molecule has 3 N–H and O–H groups in total. The van der Waals surface area contributed by atoms with Crippen LogP contribution in [-0.2, 0) is 20.0 Å². The molecule has 0 aliphatic carbocycles. The number of nitrogens with two attached hydrogens (primary N) is 1. The van der Waals surface area contributed by atoms with Crippen molar-refractivity contribution in [2.45, 2.75) is 9.79 Å². The van der Waals surface area contributed by atoms with Crippen LogP contribution in [0.5, 0.6) is 0 Å². The second-order valence-electron chi connectivity index (χ2n) is 3.09. The van der Waals surface area contributed by atoms with Gasteiger partial charge in [0.2, 0.25) is 10.0 Å². The highest BCUT2D eigenvalue weighted by molar-refractivity contribution is 7.90. The van der Waals surface area contributed by atoms with E-state index in [9.17, 15) is 16.8 Å². The van der Waals surface area contributed by atoms with Crippen molar-refractivity contribution in [3.05, 3.63) is 17.2 Å². The van der Waals surface area contributed by atoms with Gasteiger partial charge < -0.3 is 0 Å². The molecule has 8 nitrogen and oxygen atoms in total. The van der Waals surface area contributed by atoms with E-state index in [1.165, 1.54) is 0 Å². The first-order valence-corrected chi connectivity index (χ1v) is 7.37. The van der Waals surface area contributed by atoms with Crippen LogP contribution in [0.3, 0.4) is 0 Å². The Morgan fingerprint density at radius 2 is 2.00 bits per heavy atom. The zero-order valence-corrected chi connectivity index (χ0v) is 10.3. The minimum Gasteiger partial charge on any atom is -0.258 e. The third-order valence-corrected chi connectivity index (χ3v) is 4.50. The first-order valence-electron chi connectivity index (χ1n) is 4.01. The van der Waals surface area contributed by atoms with Crippen LogP contribution in [0.1, 0.15) is 0 Å². The molecule has 1 aromatic rings. The normalized spacial score (nSPS) is 17.3. The molecule has 0 fully saturated rings. The fraction of sp³-hybridized carbons (Fsp3) is 0. The molecule has 2 rings (SSSR count). The Bertz CT molecular complexity index is 725. The lowest BCUT2D eigenvalue weighted by Gasteiger charge is -2.12. The molecule has 0 spiro atoms. The maximum absolute atomic E-state index is 11.5. The maximum atomic E-state index is 11.5. The molecule has 0 unspecified atom stereocenters. The first kappa shape index (κ1) is 12.2. The maximum Gasteiger partial charge on any atom is 0.303 e. The second-order valence-corrected chi connectivity index (χ2v) is 6.58. The Morgan fingerprint density at radius 1 is 1.35 bits per heavy atom. The summed E-state index contributed by atoms with van der Waals surface area (Å²) in [5, 5.41) is 7.85. The molecular weight excluding hydrogens is 292 g/mol. The van der Waals surface area contributed by atoms with E-state index in [4.69, 9.17) is 16.7 Å². The Balaban J connectivity index is 2.82. The summed E-state index contributed by atoms with van der Waals surface area (Å²) in [4.78, 5) is -0.832. The molecule has 1 aliphatic rings. The summed E-state index contributed by atoms with van der Waals surface area (Å²) in [5.41, 5.74) is 2.34. The minimum absolute atomic E-state index is 0.0393. The van der Waals surface area contributed by atoms with Crippen molar-refractivity contribution in [3.63, 3.8) is 0 Å². The molecule has 0 saturated heterocycles. The van der Waals surface area contributed by atoms with E-state index >= 15 is 0 Å². The fourth-order valence-electron chi connectivity index (χ4n) is 1.23. The van der Waals surface area contributed by atoms with Crippen LogP contribution >= 0.6 is 11.6 Å². The Hall–Kier alpha value is -1.23. The molecule has 11 heteroatoms. The lowest BCUT2D eigenvalue weighted by atomic mass is 10.3. The Morgan fingerprint density at radius 3 is 2.59 bits per heavy atom. The lowest BCUT2D eigenvalue weighted by molar-refractivity contribution is 0.592. The average Bonchev–Trinajstić information content (AvgIpc) is 2.13. The zero-order chi connectivity index (χ0) is 12.8. The average molecular weight is 297 g/mol. The van der Waals surface area contributed by atoms with Gasteiger partial charge in [-0.15, -0.1) is 0 Å². The molecule has 0 atom stereocenters. The van der Waals surface area contributed by atoms with E-state index in [2.05, 4.69) is 15.2 Å². The number of sulfonamides is 2. The fourth-order valence-corrected chi connectivity index (χ4v) is 3.28. The van der Waals surface area contributed by atoms with E-state index in [1.807, 2.05) is 0 Å². The summed E-state index contributed by atoms with van der Waals surface area (Å²) in [7, 11) is -8.14. The Labute approximate surface area is 102 Å². The van der Waals surface area contributed by atoms with E-state index < -0.39 is 24.9 Å². The summed E-state index contributed by atoms with van der Waals surface area (Å²) in [6.07, 6.45) is 0. The van der Waals surface area contributed by atoms with Gasteiger partial charge in [-0.25, -0.2) is 13.6 Å². The standard InChI is InChI=1S/C6H5ClN4O4S2/c7-3-1-4-6(2-5(3)16(8,12)13)17(14,15)11-10-9-4/h1-2H,(H,9,11)(H2,8,12,13). The van der Waals surface area contributed by atoms with Crippen LogP contribution in [0.2, 0.25) is 5.02 Å². The molecule has 1 aliphatic heterocycles. The number of primary sulfonamides is 1. The van der Waals surface area contributed by atoms with Gasteiger partial charge in [-0.3, -0.25) is 5.43 Å². The van der Waals surface area contributed by atoms with Gasteiger partial charge >= 0.3 is 10.0 Å². The van der Waals surface area contributed by atoms with Crippen LogP contribution in [0.4, 0.5) is 5.69 Å². The SMILES string of the molecule is NS(=O)(=O)c1cc2c(cc1Cl)NN=NS2(=O)=O. The number of halogens is 1. The van der Waals surface area contributed by atoms with Crippen LogP contribution in [-0.4, -0.2) is 16.8 Å². The predicted octanol–water partition coefficient (Wildman–Crippen LogP) is 0.469. The number of hydrogen-bond acceptors (Lipinski definition) is 6. The molecule has 0 amide bonds. The molecule has 92 valence electrons. The number of anilines is 1. The van der Waals surface area contributed by atoms with Crippen molar-refractivity contribution < 1.29 is 16.8 Å². The summed E-state index contributed by atoms with van der Waals surface area (Å²) in [6.45, 7) is 0. The smallest absolute Gasteiger partial charge is 0.258 e. The van der Waals surface area contributed by atoms with Gasteiger partial charge in [0.15, 0.2) is 0 Å². The number of benzene rings is 1. The highest BCUT2D eigenvalue weighted by atomic mass is 35.5. The Kier molecular flexibility index (Phi) is 2.61. The summed E-state index contributed by atoms with van der Waals surface area (Å²) >= 11 is 5.67. The van der Waals surface area contributed by atoms with Gasteiger partial charge in [-0.2, -0.15) is 8.42 Å². The number of fused-ring (bicyclic) bond motifs is 1. The molecule has 1 heterocycles. The van der Waals surface area contributed by atoms with Crippen LogP contribution in [0.15, 0.2) is 31.7 Å². The number of nitrogens with one attached hydrogen (secondary N) is 1. The molecule has 0 radical (unpaired) electrons. The van der Waals surface area contributed by atoms with Crippen molar-refractivity contribution in [2.24, 2.45) is 14.9 Å². The summed E-state index contributed by atoms with van der Waals surface area (Å²) in [5.74, 6) is 0. The third kappa shape index (κ3) is 2.11. The quantitative estimate of drug-likeness (QED) is 0.777. The first-order chi connectivity index (χ1) is 7.72. The highest BCUT2D eigenvalue weighted by Crippen LogP contribution is 2.33. The van der Waals surface area contributed by atoms with Gasteiger partial charge in [0.05, 0.1) is 10.7 Å². The lowest BCUT2D eigenvalue weighted by Crippen LogP contribution is -2.15. The predicted molar refractivity (Wildman–Crippen MR) is 58.5 cm³/mol. The molecule has 0 saturated carbocycles. The number of nitrogens with zero attached hydrogens (tertiary/aromatic N) is 2. The monoisotopic (exact) mass is 296 g/mol. The number of hydrogen-bond donors (Lipinski definition) is 2. The van der Waals surface area contributed by atoms with Crippen molar-refractivity contribution in [2.75, 3.05) is 5.43 Å². The zero-order valence-electron chi connectivity index (χ0n) is 7.95. The van der Waals surface area contributed by atoms with Crippen molar-refractivity contribution in [1.29, 1.82) is 0 Å². The number of rotatable bonds is 1. The van der Waals surface area contributed by atoms with Gasteiger partial charge in [0, 0.05) is 0 Å². The third-order valence-electron chi connectivity index (χ3n) is 1.94. The van der Waals surface area contributed by atoms with Crippen molar-refractivity contribution in [1.82, 2.24) is 0 Å². The van der Waals surface area contributed by atoms with Gasteiger partial charge in [-0.1, -0.05) is 16.8 Å². The van der Waals surface area contributed by atoms with Crippen LogP contribution in [0, 0.1) is 0 Å². The van der Waals surface area contributed by atoms with E-state index in [-0.39, 0.29) is 15.6 Å². The topological polar surface area (TPSA) is 131 Å². The van der Waals surface area contributed by atoms with Crippen molar-refractivity contribution >= 4 is 37.3 Å². The van der Waals surface area contributed by atoms with Gasteiger partial charge in [-0.05, 0) is 16.7 Å². The molecular formula is C6H5ClN4O4S2.